The van der Waals surface area contributed by atoms with Gasteiger partial charge in [0.1, 0.15) is 11.5 Å². The number of nitrogens with zero attached hydrogens (tertiary/aromatic N) is 1. The van der Waals surface area contributed by atoms with Gasteiger partial charge in [0.25, 0.3) is 0 Å². The van der Waals surface area contributed by atoms with E-state index in [0.29, 0.717) is 13.0 Å². The van der Waals surface area contributed by atoms with E-state index in [9.17, 15) is 4.79 Å². The van der Waals surface area contributed by atoms with Crippen LogP contribution in [0.5, 0.6) is 5.75 Å². The first-order chi connectivity index (χ1) is 17.7. The fourth-order valence-corrected chi connectivity index (χ4v) is 5.46. The molecule has 1 aliphatic carbocycles. The average molecular weight is 477 g/mol. The van der Waals surface area contributed by atoms with Gasteiger partial charge in [-0.1, -0.05) is 54.6 Å². The van der Waals surface area contributed by atoms with E-state index in [-0.39, 0.29) is 17.7 Å². The van der Waals surface area contributed by atoms with Crippen LogP contribution in [0.15, 0.2) is 113 Å². The smallest absolute Gasteiger partial charge is 0.163 e. The first-order valence-corrected chi connectivity index (χ1v) is 12.3. The van der Waals surface area contributed by atoms with Crippen LogP contribution in [-0.2, 0) is 11.3 Å². The van der Waals surface area contributed by atoms with Crippen molar-refractivity contribution in [3.8, 4) is 5.75 Å². The fourth-order valence-electron chi connectivity index (χ4n) is 5.46. The first-order valence-electron chi connectivity index (χ1n) is 12.3. The highest BCUT2D eigenvalue weighted by Gasteiger charge is 2.40. The van der Waals surface area contributed by atoms with E-state index in [1.54, 1.807) is 13.4 Å². The molecule has 0 bridgehead atoms. The van der Waals surface area contributed by atoms with Gasteiger partial charge in [-0.05, 0) is 53.9 Å². The molecule has 0 fully saturated rings. The molecule has 1 N–H and O–H groups in total. The Morgan fingerprint density at radius 2 is 1.69 bits per heavy atom. The number of rotatable bonds is 5. The van der Waals surface area contributed by atoms with Gasteiger partial charge in [-0.25, -0.2) is 0 Å². The van der Waals surface area contributed by atoms with Crippen LogP contribution in [-0.4, -0.2) is 12.9 Å². The molecule has 1 aromatic heterocycles. The van der Waals surface area contributed by atoms with Gasteiger partial charge >= 0.3 is 0 Å². The summed E-state index contributed by atoms with van der Waals surface area (Å²) in [5.74, 6) is 1.87. The highest BCUT2D eigenvalue weighted by Crippen LogP contribution is 2.47. The molecule has 4 aromatic rings. The molecule has 5 nitrogen and oxygen atoms in total. The van der Waals surface area contributed by atoms with E-state index in [1.807, 2.05) is 48.5 Å². The number of carbonyl (C=O) groups is 1. The number of benzene rings is 3. The Morgan fingerprint density at radius 3 is 2.44 bits per heavy atom. The van der Waals surface area contributed by atoms with Gasteiger partial charge < -0.3 is 19.4 Å². The van der Waals surface area contributed by atoms with E-state index in [2.05, 4.69) is 52.7 Å². The summed E-state index contributed by atoms with van der Waals surface area (Å²) in [4.78, 5) is 16.3. The normalized spacial score (nSPS) is 19.2. The summed E-state index contributed by atoms with van der Waals surface area (Å²) in [6, 6.07) is 30.5. The minimum atomic E-state index is -0.218. The lowest BCUT2D eigenvalue weighted by Gasteiger charge is -2.36. The van der Waals surface area contributed by atoms with Crippen molar-refractivity contribution in [2.45, 2.75) is 31.3 Å². The molecule has 3 aromatic carbocycles. The molecule has 0 saturated carbocycles. The van der Waals surface area contributed by atoms with Crippen LogP contribution in [0.3, 0.4) is 0 Å². The molecule has 180 valence electrons. The van der Waals surface area contributed by atoms with Crippen LogP contribution in [0, 0.1) is 0 Å². The van der Waals surface area contributed by atoms with Gasteiger partial charge in [-0.2, -0.15) is 0 Å². The Labute approximate surface area is 211 Å². The summed E-state index contributed by atoms with van der Waals surface area (Å²) in [5.41, 5.74) is 6.14. The molecule has 0 radical (unpaired) electrons. The van der Waals surface area contributed by atoms with Crippen molar-refractivity contribution in [1.82, 2.24) is 0 Å². The minimum Gasteiger partial charge on any atom is -0.497 e. The van der Waals surface area contributed by atoms with E-state index in [0.717, 1.165) is 51.7 Å². The zero-order valence-corrected chi connectivity index (χ0v) is 20.2. The third-order valence-corrected chi connectivity index (χ3v) is 7.16. The number of allylic oxidation sites excluding steroid dienone is 1. The van der Waals surface area contributed by atoms with Gasteiger partial charge in [0.05, 0.1) is 30.8 Å². The lowest BCUT2D eigenvalue weighted by molar-refractivity contribution is -0.116. The lowest BCUT2D eigenvalue weighted by Crippen LogP contribution is -2.34. The highest BCUT2D eigenvalue weighted by atomic mass is 16.5. The molecule has 0 unspecified atom stereocenters. The van der Waals surface area contributed by atoms with E-state index in [4.69, 9.17) is 9.15 Å². The second-order valence-corrected chi connectivity index (χ2v) is 9.37. The molecule has 2 atom stereocenters. The second-order valence-electron chi connectivity index (χ2n) is 9.37. The van der Waals surface area contributed by atoms with Crippen LogP contribution in [0.1, 0.15) is 41.7 Å². The maximum Gasteiger partial charge on any atom is 0.163 e. The number of anilines is 2. The number of ether oxygens (including phenoxy) is 1. The molecule has 0 amide bonds. The van der Waals surface area contributed by atoms with E-state index >= 15 is 0 Å². The van der Waals surface area contributed by atoms with Gasteiger partial charge in [0.2, 0.25) is 0 Å². The average Bonchev–Trinajstić information content (AvgIpc) is 3.42. The van der Waals surface area contributed by atoms with Crippen molar-refractivity contribution in [2.75, 3.05) is 17.3 Å². The summed E-state index contributed by atoms with van der Waals surface area (Å²) in [5, 5.41) is 3.67. The lowest BCUT2D eigenvalue weighted by atomic mass is 9.80. The molecule has 36 heavy (non-hydrogen) atoms. The predicted molar refractivity (Wildman–Crippen MR) is 141 cm³/mol. The van der Waals surface area contributed by atoms with E-state index < -0.39 is 0 Å². The Kier molecular flexibility index (Phi) is 5.82. The molecule has 0 spiro atoms. The van der Waals surface area contributed by atoms with Gasteiger partial charge in [-0.3, -0.25) is 4.79 Å². The fraction of sp³-hybridized carbons (Fsp3) is 0.194. The maximum absolute atomic E-state index is 13.9. The number of fused-ring (bicyclic) bond motifs is 1. The SMILES string of the molecule is COc1ccc(CN2c3ccccc3NC3=C(C(=O)C[C@H](c4ccco4)C3)[C@H]2c2ccccc2)cc1. The van der Waals surface area contributed by atoms with Crippen molar-refractivity contribution in [3.63, 3.8) is 0 Å². The number of Topliss-reactive ketones (excluding diaryl/α,β-unsaturated/α-hetero) is 1. The van der Waals surface area contributed by atoms with Gasteiger partial charge in [0, 0.05) is 30.2 Å². The predicted octanol–water partition coefficient (Wildman–Crippen LogP) is 6.86. The van der Waals surface area contributed by atoms with Crippen molar-refractivity contribution in [3.05, 3.63) is 125 Å². The molecule has 2 heterocycles. The van der Waals surface area contributed by atoms with Crippen LogP contribution >= 0.6 is 0 Å². The van der Waals surface area contributed by atoms with E-state index in [1.165, 1.54) is 0 Å². The quantitative estimate of drug-likeness (QED) is 0.341. The number of methoxy groups -OCH3 is 1. The zero-order chi connectivity index (χ0) is 24.5. The molecule has 1 aliphatic heterocycles. The third kappa shape index (κ3) is 4.07. The molecule has 5 heteroatoms. The molecule has 6 rings (SSSR count). The number of nitrogens with one attached hydrogen (secondary N) is 1. The number of carbonyl (C=O) groups excluding carboxylic acids is 1. The Balaban J connectivity index is 1.50. The molecule has 0 saturated heterocycles. The Morgan fingerprint density at radius 1 is 0.917 bits per heavy atom. The summed E-state index contributed by atoms with van der Waals surface area (Å²) in [7, 11) is 1.68. The van der Waals surface area contributed by atoms with Crippen molar-refractivity contribution in [1.29, 1.82) is 0 Å². The maximum atomic E-state index is 13.9. The number of furan rings is 1. The topological polar surface area (TPSA) is 54.7 Å². The van der Waals surface area contributed by atoms with Crippen LogP contribution in [0.4, 0.5) is 11.4 Å². The monoisotopic (exact) mass is 476 g/mol. The van der Waals surface area contributed by atoms with Crippen molar-refractivity contribution < 1.29 is 13.9 Å². The summed E-state index contributed by atoms with van der Waals surface area (Å²) in [6.45, 7) is 0.647. The summed E-state index contributed by atoms with van der Waals surface area (Å²) in [6.07, 6.45) is 2.84. The van der Waals surface area contributed by atoms with Crippen LogP contribution in [0.2, 0.25) is 0 Å². The standard InChI is InChI=1S/C31H28N2O3/c1-35-24-15-13-21(14-16-24)20-33-27-11-6-5-10-25(27)32-26-18-23(29-12-7-17-36-29)19-28(34)30(26)31(33)22-8-3-2-4-9-22/h2-17,23,31-32H,18-20H2,1H3/t23-,31-/m1/s1. The zero-order valence-electron chi connectivity index (χ0n) is 20.2. The second kappa shape index (κ2) is 9.42. The molecular formula is C31H28N2O3. The number of ketones is 1. The molecule has 2 aliphatic rings. The Hall–Kier alpha value is -4.25. The van der Waals surface area contributed by atoms with Crippen LogP contribution < -0.4 is 15.0 Å². The Bertz CT molecular complexity index is 1390. The minimum absolute atomic E-state index is 0.0236. The first kappa shape index (κ1) is 22.2. The van der Waals surface area contributed by atoms with Crippen LogP contribution in [0.25, 0.3) is 0 Å². The summed E-state index contributed by atoms with van der Waals surface area (Å²) < 4.78 is 11.1. The number of hydrogen-bond acceptors (Lipinski definition) is 5. The van der Waals surface area contributed by atoms with Crippen molar-refractivity contribution in [2.24, 2.45) is 0 Å². The molecular weight excluding hydrogens is 448 g/mol. The van der Waals surface area contributed by atoms with Crippen molar-refractivity contribution >= 4 is 17.2 Å². The largest absolute Gasteiger partial charge is 0.497 e. The van der Waals surface area contributed by atoms with Gasteiger partial charge in [0.15, 0.2) is 5.78 Å². The number of hydrogen-bond donors (Lipinski definition) is 1. The van der Waals surface area contributed by atoms with Gasteiger partial charge in [-0.15, -0.1) is 0 Å². The highest BCUT2D eigenvalue weighted by molar-refractivity contribution is 6.01. The number of para-hydroxylation sites is 2. The summed E-state index contributed by atoms with van der Waals surface area (Å²) >= 11 is 0. The third-order valence-electron chi connectivity index (χ3n) is 7.16.